The Labute approximate surface area is 162 Å². The molecule has 6 heteroatoms. The summed E-state index contributed by atoms with van der Waals surface area (Å²) < 4.78 is 10.8. The number of hydrogen-bond acceptors (Lipinski definition) is 5. The highest BCUT2D eigenvalue weighted by Gasteiger charge is 2.28. The summed E-state index contributed by atoms with van der Waals surface area (Å²) in [4.78, 5) is 30.9. The molecular formula is C22H20N2O4. The van der Waals surface area contributed by atoms with Crippen LogP contribution in [0.1, 0.15) is 33.8 Å². The fourth-order valence-electron chi connectivity index (χ4n) is 3.39. The van der Waals surface area contributed by atoms with Crippen LogP contribution in [0.2, 0.25) is 0 Å². The van der Waals surface area contributed by atoms with E-state index in [4.69, 9.17) is 14.1 Å². The molecule has 0 saturated heterocycles. The van der Waals surface area contributed by atoms with Crippen molar-refractivity contribution in [1.82, 2.24) is 9.88 Å². The normalized spacial score (nSPS) is 14.3. The molecule has 0 saturated carbocycles. The molecule has 0 aliphatic heterocycles. The van der Waals surface area contributed by atoms with Gasteiger partial charge >= 0.3 is 5.97 Å². The molecule has 0 fully saturated rings. The van der Waals surface area contributed by atoms with Gasteiger partial charge in [0.2, 0.25) is 0 Å². The summed E-state index contributed by atoms with van der Waals surface area (Å²) in [5, 5.41) is 0.739. The molecule has 142 valence electrons. The van der Waals surface area contributed by atoms with Gasteiger partial charge in [-0.25, -0.2) is 9.78 Å². The molecule has 0 N–H and O–H groups in total. The third kappa shape index (κ3) is 3.29. The van der Waals surface area contributed by atoms with Crippen LogP contribution >= 0.6 is 0 Å². The van der Waals surface area contributed by atoms with Crippen LogP contribution in [0, 0.1) is 0 Å². The molecular weight excluding hydrogens is 356 g/mol. The van der Waals surface area contributed by atoms with Crippen molar-refractivity contribution < 1.29 is 18.7 Å². The molecule has 4 rings (SSSR count). The van der Waals surface area contributed by atoms with Crippen LogP contribution in [0.5, 0.6) is 0 Å². The minimum atomic E-state index is -0.496. The first-order chi connectivity index (χ1) is 13.5. The van der Waals surface area contributed by atoms with E-state index >= 15 is 0 Å². The van der Waals surface area contributed by atoms with Crippen molar-refractivity contribution in [1.29, 1.82) is 0 Å². The van der Waals surface area contributed by atoms with Crippen molar-refractivity contribution in [2.45, 2.75) is 12.8 Å². The number of furan rings is 1. The second kappa shape index (κ2) is 7.31. The van der Waals surface area contributed by atoms with E-state index in [0.29, 0.717) is 12.0 Å². The minimum Gasteiger partial charge on any atom is -0.465 e. The Bertz CT molecular complexity index is 1080. The molecule has 2 aromatic heterocycles. The third-order valence-electron chi connectivity index (χ3n) is 4.83. The predicted octanol–water partition coefficient (Wildman–Crippen LogP) is 3.56. The zero-order valence-corrected chi connectivity index (χ0v) is 15.8. The van der Waals surface area contributed by atoms with Crippen molar-refractivity contribution in [3.05, 3.63) is 65.2 Å². The van der Waals surface area contributed by atoms with Crippen LogP contribution < -0.4 is 0 Å². The number of para-hydroxylation sites is 1. The number of carbonyl (C=O) groups excluding carboxylic acids is 2. The van der Waals surface area contributed by atoms with E-state index in [9.17, 15) is 9.59 Å². The molecule has 1 aliphatic carbocycles. The number of nitrogens with zero attached hydrogens (tertiary/aromatic N) is 2. The molecule has 6 nitrogen and oxygen atoms in total. The lowest BCUT2D eigenvalue weighted by Gasteiger charge is -2.14. The first kappa shape index (κ1) is 18.0. The number of carbonyl (C=O) groups is 2. The van der Waals surface area contributed by atoms with Crippen LogP contribution in [-0.4, -0.2) is 42.5 Å². The van der Waals surface area contributed by atoms with Crippen LogP contribution in [0.15, 0.2) is 47.1 Å². The first-order valence-electron chi connectivity index (χ1n) is 9.08. The highest BCUT2D eigenvalue weighted by atomic mass is 16.5. The van der Waals surface area contributed by atoms with E-state index in [1.807, 2.05) is 42.5 Å². The number of fused-ring (bicyclic) bond motifs is 2. The Morgan fingerprint density at radius 3 is 2.75 bits per heavy atom. The molecule has 1 aromatic carbocycles. The van der Waals surface area contributed by atoms with Gasteiger partial charge in [0.1, 0.15) is 5.76 Å². The summed E-state index contributed by atoms with van der Waals surface area (Å²) in [6, 6.07) is 11.2. The number of rotatable bonds is 4. The molecule has 0 unspecified atom stereocenters. The molecule has 2 heterocycles. The highest BCUT2D eigenvalue weighted by Crippen LogP contribution is 2.37. The molecule has 1 aliphatic rings. The SMILES string of the molecule is CN(C)C(=O)COC(=O)c1c2c(nc3ccccc13)/C(=C\c1ccco1)CC2. The number of benzene rings is 1. The number of ether oxygens (including phenoxy) is 1. The van der Waals surface area contributed by atoms with E-state index in [1.54, 1.807) is 20.4 Å². The molecule has 0 spiro atoms. The number of esters is 1. The average Bonchev–Trinajstić information content (AvgIpc) is 3.34. The number of allylic oxidation sites excluding steroid dienone is 1. The van der Waals surface area contributed by atoms with Crippen molar-refractivity contribution in [2.75, 3.05) is 20.7 Å². The number of amides is 1. The fraction of sp³-hybridized carbons (Fsp3) is 0.227. The third-order valence-corrected chi connectivity index (χ3v) is 4.83. The van der Waals surface area contributed by atoms with Crippen LogP contribution in [0.4, 0.5) is 0 Å². The summed E-state index contributed by atoms with van der Waals surface area (Å²) in [7, 11) is 3.25. The van der Waals surface area contributed by atoms with Gasteiger partial charge in [-0.05, 0) is 48.3 Å². The van der Waals surface area contributed by atoms with Gasteiger partial charge in [0, 0.05) is 19.5 Å². The summed E-state index contributed by atoms with van der Waals surface area (Å²) >= 11 is 0. The van der Waals surface area contributed by atoms with Crippen molar-refractivity contribution >= 4 is 34.4 Å². The van der Waals surface area contributed by atoms with E-state index in [1.165, 1.54) is 4.90 Å². The number of pyridine rings is 1. The van der Waals surface area contributed by atoms with Crippen LogP contribution in [0.3, 0.4) is 0 Å². The maximum Gasteiger partial charge on any atom is 0.339 e. The van der Waals surface area contributed by atoms with Crippen molar-refractivity contribution in [3.63, 3.8) is 0 Å². The Morgan fingerprint density at radius 2 is 2.00 bits per heavy atom. The fourth-order valence-corrected chi connectivity index (χ4v) is 3.39. The molecule has 1 amide bonds. The number of hydrogen-bond donors (Lipinski definition) is 0. The highest BCUT2D eigenvalue weighted by molar-refractivity contribution is 6.07. The Morgan fingerprint density at radius 1 is 1.18 bits per heavy atom. The van der Waals surface area contributed by atoms with E-state index in [2.05, 4.69) is 0 Å². The van der Waals surface area contributed by atoms with Crippen LogP contribution in [0.25, 0.3) is 22.6 Å². The Kier molecular flexibility index (Phi) is 4.69. The summed E-state index contributed by atoms with van der Waals surface area (Å²) in [5.41, 5.74) is 3.89. The average molecular weight is 376 g/mol. The maximum atomic E-state index is 12.9. The van der Waals surface area contributed by atoms with E-state index in [0.717, 1.165) is 39.9 Å². The second-order valence-corrected chi connectivity index (χ2v) is 6.88. The Balaban J connectivity index is 1.78. The monoisotopic (exact) mass is 376 g/mol. The van der Waals surface area contributed by atoms with Gasteiger partial charge in [-0.3, -0.25) is 4.79 Å². The van der Waals surface area contributed by atoms with Gasteiger partial charge in [-0.1, -0.05) is 18.2 Å². The zero-order chi connectivity index (χ0) is 19.7. The van der Waals surface area contributed by atoms with Gasteiger partial charge in [0.15, 0.2) is 6.61 Å². The van der Waals surface area contributed by atoms with Gasteiger partial charge in [0.25, 0.3) is 5.91 Å². The lowest BCUT2D eigenvalue weighted by Crippen LogP contribution is -2.27. The first-order valence-corrected chi connectivity index (χ1v) is 9.08. The summed E-state index contributed by atoms with van der Waals surface area (Å²) in [6.07, 6.45) is 5.03. The van der Waals surface area contributed by atoms with Crippen molar-refractivity contribution in [2.24, 2.45) is 0 Å². The largest absolute Gasteiger partial charge is 0.465 e. The standard InChI is InChI=1S/C22H20N2O4/c1-24(2)19(25)13-28-22(26)20-16-7-3-4-8-18(16)23-21-14(9-10-17(20)21)12-15-6-5-11-27-15/h3-8,11-12H,9-10,13H2,1-2H3/b14-12-. The predicted molar refractivity (Wildman–Crippen MR) is 106 cm³/mol. The van der Waals surface area contributed by atoms with Crippen molar-refractivity contribution in [3.8, 4) is 0 Å². The van der Waals surface area contributed by atoms with E-state index in [-0.39, 0.29) is 12.5 Å². The quantitative estimate of drug-likeness (QED) is 0.651. The van der Waals surface area contributed by atoms with Gasteiger partial charge in [0.05, 0.1) is 23.0 Å². The zero-order valence-electron chi connectivity index (χ0n) is 15.8. The minimum absolute atomic E-state index is 0.262. The van der Waals surface area contributed by atoms with Crippen LogP contribution in [-0.2, 0) is 16.0 Å². The molecule has 3 aromatic rings. The smallest absolute Gasteiger partial charge is 0.339 e. The van der Waals surface area contributed by atoms with Gasteiger partial charge < -0.3 is 14.1 Å². The van der Waals surface area contributed by atoms with E-state index < -0.39 is 5.97 Å². The molecule has 0 atom stereocenters. The van der Waals surface area contributed by atoms with Gasteiger partial charge in [-0.2, -0.15) is 0 Å². The van der Waals surface area contributed by atoms with Gasteiger partial charge in [-0.15, -0.1) is 0 Å². The number of likely N-dealkylation sites (N-methyl/N-ethyl adjacent to an activating group) is 1. The molecule has 0 bridgehead atoms. The molecule has 0 radical (unpaired) electrons. The second-order valence-electron chi connectivity index (χ2n) is 6.88. The summed E-state index contributed by atoms with van der Waals surface area (Å²) in [6.45, 7) is -0.285. The molecule has 28 heavy (non-hydrogen) atoms. The summed E-state index contributed by atoms with van der Waals surface area (Å²) in [5.74, 6) is -0.00965. The maximum absolute atomic E-state index is 12.9. The number of aromatic nitrogens is 1. The lowest BCUT2D eigenvalue weighted by molar-refractivity contribution is -0.131. The lowest BCUT2D eigenvalue weighted by atomic mass is 10.0. The topological polar surface area (TPSA) is 72.6 Å². The Hall–Kier alpha value is -3.41.